The Morgan fingerprint density at radius 2 is 2.04 bits per heavy atom. The molecule has 1 aromatic rings. The maximum absolute atomic E-state index is 10.5. The molecule has 0 aliphatic carbocycles. The van der Waals surface area contributed by atoms with E-state index in [1.807, 2.05) is 18.2 Å². The van der Waals surface area contributed by atoms with Crippen LogP contribution in [0.1, 0.15) is 20.3 Å². The Morgan fingerprint density at radius 3 is 2.80 bits per heavy atom. The molecule has 0 aromatic heterocycles. The predicted molar refractivity (Wildman–Crippen MR) is 96.7 cm³/mol. The first kappa shape index (κ1) is 18.3. The molecule has 0 unspecified atom stereocenters. The lowest BCUT2D eigenvalue weighted by Gasteiger charge is -2.37. The number of benzene rings is 1. The van der Waals surface area contributed by atoms with Crippen molar-refractivity contribution in [3.63, 3.8) is 0 Å². The summed E-state index contributed by atoms with van der Waals surface area (Å²) in [6.45, 7) is 11.2. The minimum absolute atomic E-state index is 0.207. The molecule has 0 amide bonds. The summed E-state index contributed by atoms with van der Waals surface area (Å²) >= 11 is 0. The molecule has 1 fully saturated rings. The summed E-state index contributed by atoms with van der Waals surface area (Å²) in [7, 11) is 0. The van der Waals surface area contributed by atoms with Crippen LogP contribution < -0.4 is 14.2 Å². The van der Waals surface area contributed by atoms with Gasteiger partial charge in [-0.15, -0.1) is 0 Å². The number of β-amino-alcohol motifs (C(OH)–C–C–N with tert-alkyl or cyclic N) is 1. The van der Waals surface area contributed by atoms with Crippen molar-refractivity contribution in [1.29, 1.82) is 0 Å². The molecule has 25 heavy (non-hydrogen) atoms. The van der Waals surface area contributed by atoms with Crippen molar-refractivity contribution < 1.29 is 19.3 Å². The Bertz CT molecular complexity index is 550. The zero-order valence-corrected chi connectivity index (χ0v) is 15.3. The predicted octanol–water partition coefficient (Wildman–Crippen LogP) is 1.61. The van der Waals surface area contributed by atoms with Crippen molar-refractivity contribution in [2.24, 2.45) is 0 Å². The number of para-hydroxylation sites is 1. The third-order valence-electron chi connectivity index (χ3n) is 5.04. The van der Waals surface area contributed by atoms with Gasteiger partial charge in [0.1, 0.15) is 25.4 Å². The fraction of sp³-hybridized carbons (Fsp3) is 0.684. The normalized spacial score (nSPS) is 23.7. The first-order chi connectivity index (χ1) is 12.2. The average molecular weight is 350 g/mol. The standard InChI is InChI=1S/C19H30N2O4/c1-3-20(4-2)10-11-21-9-8-16(15(22)14-21)25-18-7-5-6-17-19(18)24-13-12-23-17/h5-7,15-16,22H,3-4,8-14H2,1-2H3/t15-,16-/m1/s1. The molecule has 140 valence electrons. The number of fused-ring (bicyclic) bond motifs is 1. The summed E-state index contributed by atoms with van der Waals surface area (Å²) in [6, 6.07) is 5.66. The van der Waals surface area contributed by atoms with Crippen LogP contribution >= 0.6 is 0 Å². The largest absolute Gasteiger partial charge is 0.486 e. The topological polar surface area (TPSA) is 54.4 Å². The molecule has 6 nitrogen and oxygen atoms in total. The van der Waals surface area contributed by atoms with Gasteiger partial charge in [0.25, 0.3) is 0 Å². The molecule has 1 N–H and O–H groups in total. The molecule has 6 heteroatoms. The van der Waals surface area contributed by atoms with Gasteiger partial charge in [-0.1, -0.05) is 19.9 Å². The van der Waals surface area contributed by atoms with Crippen molar-refractivity contribution in [2.75, 3.05) is 52.5 Å². The van der Waals surface area contributed by atoms with Gasteiger partial charge in [0, 0.05) is 26.2 Å². The molecular weight excluding hydrogens is 320 g/mol. The highest BCUT2D eigenvalue weighted by atomic mass is 16.6. The Hall–Kier alpha value is -1.50. The van der Waals surface area contributed by atoms with Gasteiger partial charge in [-0.2, -0.15) is 0 Å². The van der Waals surface area contributed by atoms with E-state index in [4.69, 9.17) is 14.2 Å². The molecule has 2 heterocycles. The summed E-state index contributed by atoms with van der Waals surface area (Å²) in [4.78, 5) is 4.73. The lowest BCUT2D eigenvalue weighted by atomic mass is 10.0. The van der Waals surface area contributed by atoms with Crippen molar-refractivity contribution >= 4 is 0 Å². The van der Waals surface area contributed by atoms with Crippen LogP contribution in [0.2, 0.25) is 0 Å². The monoisotopic (exact) mass is 350 g/mol. The van der Waals surface area contributed by atoms with Crippen molar-refractivity contribution in [2.45, 2.75) is 32.5 Å². The Morgan fingerprint density at radius 1 is 1.24 bits per heavy atom. The first-order valence-corrected chi connectivity index (χ1v) is 9.39. The lowest BCUT2D eigenvalue weighted by Crippen LogP contribution is -2.50. The zero-order valence-electron chi connectivity index (χ0n) is 15.3. The van der Waals surface area contributed by atoms with E-state index >= 15 is 0 Å². The summed E-state index contributed by atoms with van der Waals surface area (Å²) in [6.07, 6.45) is 0.108. The molecule has 2 atom stereocenters. The molecule has 1 saturated heterocycles. The number of hydrogen-bond acceptors (Lipinski definition) is 6. The molecular formula is C19H30N2O4. The molecule has 3 rings (SSSR count). The van der Waals surface area contributed by atoms with E-state index in [0.717, 1.165) is 44.9 Å². The van der Waals surface area contributed by atoms with Gasteiger partial charge in [-0.3, -0.25) is 4.90 Å². The van der Waals surface area contributed by atoms with Crippen LogP contribution in [-0.4, -0.2) is 79.6 Å². The minimum atomic E-state index is -0.495. The Kier molecular flexibility index (Phi) is 6.39. The Labute approximate surface area is 150 Å². The summed E-state index contributed by atoms with van der Waals surface area (Å²) < 4.78 is 17.4. The van der Waals surface area contributed by atoms with E-state index < -0.39 is 6.10 Å². The van der Waals surface area contributed by atoms with E-state index in [9.17, 15) is 5.11 Å². The molecule has 0 radical (unpaired) electrons. The highest BCUT2D eigenvalue weighted by Crippen LogP contribution is 2.40. The van der Waals surface area contributed by atoms with Gasteiger partial charge < -0.3 is 24.2 Å². The van der Waals surface area contributed by atoms with Gasteiger partial charge in [-0.05, 0) is 31.6 Å². The molecule has 0 bridgehead atoms. The van der Waals surface area contributed by atoms with Crippen LogP contribution in [0.4, 0.5) is 0 Å². The number of likely N-dealkylation sites (tertiary alicyclic amines) is 1. The van der Waals surface area contributed by atoms with Crippen molar-refractivity contribution in [1.82, 2.24) is 9.80 Å². The van der Waals surface area contributed by atoms with Gasteiger partial charge in [0.2, 0.25) is 5.75 Å². The first-order valence-electron chi connectivity index (χ1n) is 9.39. The Balaban J connectivity index is 1.54. The number of hydrogen-bond donors (Lipinski definition) is 1. The maximum atomic E-state index is 10.5. The van der Waals surface area contributed by atoms with Crippen molar-refractivity contribution in [3.05, 3.63) is 18.2 Å². The second kappa shape index (κ2) is 8.74. The smallest absolute Gasteiger partial charge is 0.203 e. The van der Waals surface area contributed by atoms with Gasteiger partial charge in [0.15, 0.2) is 11.5 Å². The number of rotatable bonds is 7. The quantitative estimate of drug-likeness (QED) is 0.806. The van der Waals surface area contributed by atoms with Gasteiger partial charge >= 0.3 is 0 Å². The number of ether oxygens (including phenoxy) is 3. The van der Waals surface area contributed by atoms with Crippen LogP contribution in [0.5, 0.6) is 17.2 Å². The molecule has 1 aromatic carbocycles. The van der Waals surface area contributed by atoms with E-state index in [1.54, 1.807) is 0 Å². The second-order valence-electron chi connectivity index (χ2n) is 6.62. The summed E-state index contributed by atoms with van der Waals surface area (Å²) in [5.74, 6) is 2.04. The molecule has 2 aliphatic heterocycles. The van der Waals surface area contributed by atoms with E-state index in [2.05, 4.69) is 23.6 Å². The van der Waals surface area contributed by atoms with Crippen LogP contribution in [0.15, 0.2) is 18.2 Å². The number of piperidine rings is 1. The van der Waals surface area contributed by atoms with Crippen LogP contribution in [0, 0.1) is 0 Å². The zero-order chi connectivity index (χ0) is 17.6. The minimum Gasteiger partial charge on any atom is -0.486 e. The average Bonchev–Trinajstić information content (AvgIpc) is 2.65. The molecule has 2 aliphatic rings. The number of likely N-dealkylation sites (N-methyl/N-ethyl adjacent to an activating group) is 1. The third-order valence-corrected chi connectivity index (χ3v) is 5.04. The fourth-order valence-corrected chi connectivity index (χ4v) is 3.44. The fourth-order valence-electron chi connectivity index (χ4n) is 3.44. The van der Waals surface area contributed by atoms with Crippen LogP contribution in [0.25, 0.3) is 0 Å². The second-order valence-corrected chi connectivity index (χ2v) is 6.62. The summed E-state index contributed by atoms with van der Waals surface area (Å²) in [5.41, 5.74) is 0. The highest BCUT2D eigenvalue weighted by molar-refractivity contribution is 5.51. The van der Waals surface area contributed by atoms with E-state index in [-0.39, 0.29) is 6.10 Å². The molecule has 0 spiro atoms. The van der Waals surface area contributed by atoms with E-state index in [1.165, 1.54) is 0 Å². The number of nitrogens with zero attached hydrogens (tertiary/aromatic N) is 2. The SMILES string of the molecule is CCN(CC)CCN1CC[C@@H](Oc2cccc3c2OCCO3)[C@H](O)C1. The number of aliphatic hydroxyl groups excluding tert-OH is 1. The van der Waals surface area contributed by atoms with Crippen molar-refractivity contribution in [3.8, 4) is 17.2 Å². The van der Waals surface area contributed by atoms with Gasteiger partial charge in [0.05, 0.1) is 0 Å². The highest BCUT2D eigenvalue weighted by Gasteiger charge is 2.30. The summed E-state index contributed by atoms with van der Waals surface area (Å²) in [5, 5.41) is 10.5. The third kappa shape index (κ3) is 4.57. The maximum Gasteiger partial charge on any atom is 0.203 e. The van der Waals surface area contributed by atoms with Crippen LogP contribution in [0.3, 0.4) is 0 Å². The lowest BCUT2D eigenvalue weighted by molar-refractivity contribution is -0.0283. The van der Waals surface area contributed by atoms with Crippen LogP contribution in [-0.2, 0) is 0 Å². The number of aliphatic hydroxyl groups is 1. The van der Waals surface area contributed by atoms with E-state index in [0.29, 0.717) is 31.3 Å². The van der Waals surface area contributed by atoms with Gasteiger partial charge in [-0.25, -0.2) is 0 Å². The molecule has 0 saturated carbocycles.